The van der Waals surface area contributed by atoms with Crippen molar-refractivity contribution < 1.29 is 13.2 Å². The Morgan fingerprint density at radius 3 is 2.25 bits per heavy atom. The Bertz CT molecular complexity index is 903. The SMILES string of the molecule is CNS(=O)(=O)c1cc(C(=O)Nc2cc(C)ccc2C)cc(C)c1C. The van der Waals surface area contributed by atoms with Crippen LogP contribution >= 0.6 is 0 Å². The standard InChI is InChI=1S/C18H22N2O3S/c1-11-6-7-12(2)16(8-11)20-18(21)15-9-13(3)14(4)17(10-15)24(22,23)19-5/h6-10,19H,1-5H3,(H,20,21). The van der Waals surface area contributed by atoms with Crippen molar-refractivity contribution in [3.8, 4) is 0 Å². The van der Waals surface area contributed by atoms with Crippen LogP contribution in [0.1, 0.15) is 32.6 Å². The lowest BCUT2D eigenvalue weighted by Gasteiger charge is -2.13. The first kappa shape index (κ1) is 18.2. The first-order valence-electron chi connectivity index (χ1n) is 7.59. The molecule has 0 spiro atoms. The van der Waals surface area contributed by atoms with E-state index >= 15 is 0 Å². The van der Waals surface area contributed by atoms with Crippen LogP contribution in [-0.4, -0.2) is 21.4 Å². The third kappa shape index (κ3) is 3.66. The highest BCUT2D eigenvalue weighted by molar-refractivity contribution is 7.89. The molecule has 0 bridgehead atoms. The molecule has 0 aromatic heterocycles. The molecule has 24 heavy (non-hydrogen) atoms. The summed E-state index contributed by atoms with van der Waals surface area (Å²) < 4.78 is 26.6. The van der Waals surface area contributed by atoms with Gasteiger partial charge in [0.25, 0.3) is 5.91 Å². The van der Waals surface area contributed by atoms with Gasteiger partial charge in [-0.3, -0.25) is 4.79 Å². The fraction of sp³-hybridized carbons (Fsp3) is 0.278. The first-order valence-corrected chi connectivity index (χ1v) is 9.07. The average Bonchev–Trinajstić information content (AvgIpc) is 2.53. The smallest absolute Gasteiger partial charge is 0.255 e. The zero-order valence-electron chi connectivity index (χ0n) is 14.5. The van der Waals surface area contributed by atoms with E-state index in [4.69, 9.17) is 0 Å². The van der Waals surface area contributed by atoms with Crippen LogP contribution < -0.4 is 10.0 Å². The summed E-state index contributed by atoms with van der Waals surface area (Å²) in [5.41, 5.74) is 4.39. The van der Waals surface area contributed by atoms with E-state index in [1.165, 1.54) is 13.1 Å². The van der Waals surface area contributed by atoms with E-state index in [-0.39, 0.29) is 10.8 Å². The maximum Gasteiger partial charge on any atom is 0.255 e. The van der Waals surface area contributed by atoms with Gasteiger partial charge in [0.1, 0.15) is 0 Å². The van der Waals surface area contributed by atoms with E-state index in [0.29, 0.717) is 11.1 Å². The Kier molecular flexibility index (Phi) is 5.11. The zero-order chi connectivity index (χ0) is 18.1. The van der Waals surface area contributed by atoms with E-state index < -0.39 is 10.0 Å². The van der Waals surface area contributed by atoms with Crippen molar-refractivity contribution in [2.45, 2.75) is 32.6 Å². The first-order chi connectivity index (χ1) is 11.2. The number of hydrogen-bond donors (Lipinski definition) is 2. The summed E-state index contributed by atoms with van der Waals surface area (Å²) in [5.74, 6) is -0.334. The van der Waals surface area contributed by atoms with Gasteiger partial charge in [-0.2, -0.15) is 0 Å². The van der Waals surface area contributed by atoms with E-state index in [0.717, 1.165) is 22.4 Å². The number of amides is 1. The number of nitrogens with one attached hydrogen (secondary N) is 2. The number of carbonyl (C=O) groups is 1. The summed E-state index contributed by atoms with van der Waals surface area (Å²) in [6.07, 6.45) is 0. The van der Waals surface area contributed by atoms with Gasteiger partial charge in [-0.05, 0) is 75.2 Å². The quantitative estimate of drug-likeness (QED) is 0.893. The number of sulfonamides is 1. The lowest BCUT2D eigenvalue weighted by Crippen LogP contribution is -2.21. The molecule has 0 aliphatic heterocycles. The van der Waals surface area contributed by atoms with E-state index in [2.05, 4.69) is 10.0 Å². The summed E-state index contributed by atoms with van der Waals surface area (Å²) in [5, 5.41) is 2.86. The van der Waals surface area contributed by atoms with Gasteiger partial charge < -0.3 is 5.32 Å². The van der Waals surface area contributed by atoms with E-state index in [1.807, 2.05) is 32.0 Å². The third-order valence-corrected chi connectivity index (χ3v) is 5.62. The van der Waals surface area contributed by atoms with Crippen LogP contribution in [0.4, 0.5) is 5.69 Å². The van der Waals surface area contributed by atoms with Gasteiger partial charge in [0.15, 0.2) is 0 Å². The Morgan fingerprint density at radius 1 is 0.958 bits per heavy atom. The summed E-state index contributed by atoms with van der Waals surface area (Å²) in [4.78, 5) is 12.7. The molecule has 2 aromatic rings. The number of hydrogen-bond acceptors (Lipinski definition) is 3. The van der Waals surface area contributed by atoms with Gasteiger partial charge in [-0.25, -0.2) is 13.1 Å². The molecule has 0 radical (unpaired) electrons. The topological polar surface area (TPSA) is 75.3 Å². The second kappa shape index (κ2) is 6.75. The molecule has 1 amide bonds. The molecule has 5 nitrogen and oxygen atoms in total. The van der Waals surface area contributed by atoms with Crippen molar-refractivity contribution in [2.24, 2.45) is 0 Å². The van der Waals surface area contributed by atoms with Crippen molar-refractivity contribution in [3.05, 3.63) is 58.1 Å². The van der Waals surface area contributed by atoms with Crippen molar-refractivity contribution in [2.75, 3.05) is 12.4 Å². The zero-order valence-corrected chi connectivity index (χ0v) is 15.3. The Morgan fingerprint density at radius 2 is 1.62 bits per heavy atom. The molecule has 0 heterocycles. The van der Waals surface area contributed by atoms with Crippen LogP contribution in [0.3, 0.4) is 0 Å². The fourth-order valence-electron chi connectivity index (χ4n) is 2.41. The van der Waals surface area contributed by atoms with Crippen LogP contribution in [0.2, 0.25) is 0 Å². The molecule has 0 aliphatic rings. The fourth-order valence-corrected chi connectivity index (χ4v) is 3.48. The largest absolute Gasteiger partial charge is 0.322 e. The number of rotatable bonds is 4. The van der Waals surface area contributed by atoms with Crippen molar-refractivity contribution in [3.63, 3.8) is 0 Å². The lowest BCUT2D eigenvalue weighted by molar-refractivity contribution is 0.102. The molecule has 0 saturated heterocycles. The normalized spacial score (nSPS) is 11.4. The highest BCUT2D eigenvalue weighted by atomic mass is 32.2. The second-order valence-corrected chi connectivity index (χ2v) is 7.75. The molecule has 2 rings (SSSR count). The molecule has 0 atom stereocenters. The minimum Gasteiger partial charge on any atom is -0.322 e. The summed E-state index contributed by atoms with van der Waals surface area (Å²) in [6, 6.07) is 8.90. The maximum absolute atomic E-state index is 12.6. The van der Waals surface area contributed by atoms with Gasteiger partial charge in [0.2, 0.25) is 10.0 Å². The highest BCUT2D eigenvalue weighted by Crippen LogP contribution is 2.23. The molecule has 0 fully saturated rings. The molecule has 0 aliphatic carbocycles. The summed E-state index contributed by atoms with van der Waals surface area (Å²) in [7, 11) is -2.27. The van der Waals surface area contributed by atoms with Crippen molar-refractivity contribution in [1.29, 1.82) is 0 Å². The van der Waals surface area contributed by atoms with Crippen LogP contribution in [0.5, 0.6) is 0 Å². The molecule has 128 valence electrons. The number of benzene rings is 2. The summed E-state index contributed by atoms with van der Waals surface area (Å²) in [6.45, 7) is 7.37. The van der Waals surface area contributed by atoms with Crippen LogP contribution in [0.15, 0.2) is 35.2 Å². The third-order valence-electron chi connectivity index (χ3n) is 4.08. The highest BCUT2D eigenvalue weighted by Gasteiger charge is 2.19. The predicted octanol–water partition coefficient (Wildman–Crippen LogP) is 3.08. The molecular weight excluding hydrogens is 324 g/mol. The molecular formula is C18H22N2O3S. The van der Waals surface area contributed by atoms with Crippen molar-refractivity contribution in [1.82, 2.24) is 4.72 Å². The Balaban J connectivity index is 2.45. The average molecular weight is 346 g/mol. The van der Waals surface area contributed by atoms with Crippen LogP contribution in [0.25, 0.3) is 0 Å². The number of aryl methyl sites for hydroxylation is 3. The molecule has 0 saturated carbocycles. The van der Waals surface area contributed by atoms with E-state index in [1.54, 1.807) is 19.9 Å². The van der Waals surface area contributed by atoms with Gasteiger partial charge in [-0.15, -0.1) is 0 Å². The Hall–Kier alpha value is -2.18. The monoisotopic (exact) mass is 346 g/mol. The van der Waals surface area contributed by atoms with E-state index in [9.17, 15) is 13.2 Å². The number of anilines is 1. The van der Waals surface area contributed by atoms with Gasteiger partial charge in [0.05, 0.1) is 4.90 Å². The predicted molar refractivity (Wildman–Crippen MR) is 96.0 cm³/mol. The minimum atomic E-state index is -3.63. The maximum atomic E-state index is 12.6. The van der Waals surface area contributed by atoms with Crippen LogP contribution in [-0.2, 0) is 10.0 Å². The Labute approximate surface area is 143 Å². The minimum absolute atomic E-state index is 0.121. The summed E-state index contributed by atoms with van der Waals surface area (Å²) >= 11 is 0. The van der Waals surface area contributed by atoms with Crippen molar-refractivity contribution >= 4 is 21.6 Å². The second-order valence-electron chi connectivity index (χ2n) is 5.90. The van der Waals surface area contributed by atoms with Gasteiger partial charge in [0, 0.05) is 11.3 Å². The lowest BCUT2D eigenvalue weighted by atomic mass is 10.1. The van der Waals surface area contributed by atoms with Gasteiger partial charge >= 0.3 is 0 Å². The molecule has 0 unspecified atom stereocenters. The molecule has 2 aromatic carbocycles. The molecule has 6 heteroatoms. The number of carbonyl (C=O) groups excluding carboxylic acids is 1. The van der Waals surface area contributed by atoms with Gasteiger partial charge in [-0.1, -0.05) is 12.1 Å². The molecule has 2 N–H and O–H groups in total. The van der Waals surface area contributed by atoms with Crippen LogP contribution in [0, 0.1) is 27.7 Å².